The largest absolute Gasteiger partial charge is 0.395 e. The average Bonchev–Trinajstić information content (AvgIpc) is 2.73. The molecule has 1 atom stereocenters. The zero-order chi connectivity index (χ0) is 12.8. The SMILES string of the molecule is CC(C)C(N)c1nc(CC(=O)NCCO)cs1. The molecule has 1 amide bonds. The number of carbonyl (C=O) groups excluding carboxylic acids is 1. The molecule has 96 valence electrons. The normalized spacial score (nSPS) is 12.8. The lowest BCUT2D eigenvalue weighted by Crippen LogP contribution is -2.28. The van der Waals surface area contributed by atoms with Gasteiger partial charge in [-0.2, -0.15) is 0 Å². The number of carbonyl (C=O) groups is 1. The molecule has 0 spiro atoms. The Bertz CT molecular complexity index is 365. The molecule has 0 aliphatic heterocycles. The molecule has 0 bridgehead atoms. The van der Waals surface area contributed by atoms with Crippen LogP contribution in [0.3, 0.4) is 0 Å². The molecule has 1 unspecified atom stereocenters. The summed E-state index contributed by atoms with van der Waals surface area (Å²) in [5.74, 6) is 0.200. The first-order valence-electron chi connectivity index (χ1n) is 5.62. The van der Waals surface area contributed by atoms with Gasteiger partial charge < -0.3 is 16.2 Å². The first kappa shape index (κ1) is 14.1. The van der Waals surface area contributed by atoms with Gasteiger partial charge in [0.15, 0.2) is 0 Å². The topological polar surface area (TPSA) is 88.2 Å². The molecule has 1 rings (SSSR count). The van der Waals surface area contributed by atoms with Crippen molar-refractivity contribution in [2.24, 2.45) is 11.7 Å². The van der Waals surface area contributed by atoms with Crippen molar-refractivity contribution < 1.29 is 9.90 Å². The Kier molecular flexibility index (Phi) is 5.54. The number of nitrogens with two attached hydrogens (primary N) is 1. The van der Waals surface area contributed by atoms with Crippen molar-refractivity contribution in [2.45, 2.75) is 26.3 Å². The van der Waals surface area contributed by atoms with Gasteiger partial charge >= 0.3 is 0 Å². The third-order valence-electron chi connectivity index (χ3n) is 2.35. The second-order valence-corrected chi connectivity index (χ2v) is 5.09. The number of aliphatic hydroxyl groups is 1. The average molecular weight is 257 g/mol. The molecular weight excluding hydrogens is 238 g/mol. The fourth-order valence-electron chi connectivity index (χ4n) is 1.26. The molecule has 0 aliphatic rings. The summed E-state index contributed by atoms with van der Waals surface area (Å²) in [6.45, 7) is 4.31. The third-order valence-corrected chi connectivity index (χ3v) is 3.34. The van der Waals surface area contributed by atoms with Gasteiger partial charge in [-0.05, 0) is 5.92 Å². The Morgan fingerprint density at radius 1 is 1.65 bits per heavy atom. The van der Waals surface area contributed by atoms with E-state index in [4.69, 9.17) is 10.8 Å². The van der Waals surface area contributed by atoms with Crippen LogP contribution in [-0.4, -0.2) is 29.1 Å². The lowest BCUT2D eigenvalue weighted by molar-refractivity contribution is -0.120. The second kappa shape index (κ2) is 6.68. The molecule has 0 radical (unpaired) electrons. The number of thiazole rings is 1. The van der Waals surface area contributed by atoms with E-state index in [9.17, 15) is 4.79 Å². The number of nitrogens with zero attached hydrogens (tertiary/aromatic N) is 1. The quantitative estimate of drug-likeness (QED) is 0.690. The number of aromatic nitrogens is 1. The van der Waals surface area contributed by atoms with Gasteiger partial charge in [-0.3, -0.25) is 4.79 Å². The molecule has 1 heterocycles. The van der Waals surface area contributed by atoms with Crippen molar-refractivity contribution in [2.75, 3.05) is 13.2 Å². The summed E-state index contributed by atoms with van der Waals surface area (Å²) in [5, 5.41) is 13.9. The van der Waals surface area contributed by atoms with Crippen LogP contribution in [0.25, 0.3) is 0 Å². The van der Waals surface area contributed by atoms with Crippen LogP contribution in [0.4, 0.5) is 0 Å². The van der Waals surface area contributed by atoms with Gasteiger partial charge in [0, 0.05) is 11.9 Å². The number of hydrogen-bond donors (Lipinski definition) is 3. The molecule has 5 nitrogen and oxygen atoms in total. The third kappa shape index (κ3) is 4.41. The van der Waals surface area contributed by atoms with Crippen LogP contribution >= 0.6 is 11.3 Å². The van der Waals surface area contributed by atoms with Crippen molar-refractivity contribution in [1.82, 2.24) is 10.3 Å². The summed E-state index contributed by atoms with van der Waals surface area (Å²) in [4.78, 5) is 15.7. The van der Waals surface area contributed by atoms with E-state index < -0.39 is 0 Å². The van der Waals surface area contributed by atoms with E-state index in [2.05, 4.69) is 10.3 Å². The first-order chi connectivity index (χ1) is 8.04. The van der Waals surface area contributed by atoms with E-state index in [1.165, 1.54) is 11.3 Å². The summed E-state index contributed by atoms with van der Waals surface area (Å²) >= 11 is 1.49. The van der Waals surface area contributed by atoms with Crippen LogP contribution in [0, 0.1) is 5.92 Å². The monoisotopic (exact) mass is 257 g/mol. The molecule has 0 saturated carbocycles. The zero-order valence-corrected chi connectivity index (χ0v) is 11.0. The lowest BCUT2D eigenvalue weighted by atomic mass is 10.1. The van der Waals surface area contributed by atoms with Crippen LogP contribution < -0.4 is 11.1 Å². The predicted octanol–water partition coefficient (Wildman–Crippen LogP) is 0.450. The summed E-state index contributed by atoms with van der Waals surface area (Å²) in [7, 11) is 0. The Labute approximate surface area is 105 Å². The summed E-state index contributed by atoms with van der Waals surface area (Å²) < 4.78 is 0. The number of amides is 1. The number of nitrogens with one attached hydrogen (secondary N) is 1. The maximum atomic E-state index is 11.4. The van der Waals surface area contributed by atoms with Crippen molar-refractivity contribution in [3.8, 4) is 0 Å². The predicted molar refractivity (Wildman–Crippen MR) is 67.7 cm³/mol. The van der Waals surface area contributed by atoms with E-state index in [0.717, 1.165) is 10.7 Å². The molecule has 6 heteroatoms. The smallest absolute Gasteiger partial charge is 0.226 e. The second-order valence-electron chi connectivity index (χ2n) is 4.20. The number of hydrogen-bond acceptors (Lipinski definition) is 5. The van der Waals surface area contributed by atoms with E-state index >= 15 is 0 Å². The van der Waals surface area contributed by atoms with Crippen LogP contribution in [0.1, 0.15) is 30.6 Å². The van der Waals surface area contributed by atoms with E-state index in [1.54, 1.807) is 0 Å². The molecule has 0 aliphatic carbocycles. The maximum absolute atomic E-state index is 11.4. The van der Waals surface area contributed by atoms with Gasteiger partial charge in [-0.25, -0.2) is 4.98 Å². The van der Waals surface area contributed by atoms with Crippen molar-refractivity contribution in [3.63, 3.8) is 0 Å². The fraction of sp³-hybridized carbons (Fsp3) is 0.636. The van der Waals surface area contributed by atoms with Crippen LogP contribution in [0.15, 0.2) is 5.38 Å². The standard InChI is InChI=1S/C11H19N3O2S/c1-7(2)10(12)11-14-8(6-17-11)5-9(16)13-3-4-15/h6-7,10,15H,3-5,12H2,1-2H3,(H,13,16). The molecule has 4 N–H and O–H groups in total. The van der Waals surface area contributed by atoms with Gasteiger partial charge in [0.05, 0.1) is 24.8 Å². The van der Waals surface area contributed by atoms with Gasteiger partial charge in [-0.1, -0.05) is 13.8 Å². The van der Waals surface area contributed by atoms with Crippen molar-refractivity contribution in [1.29, 1.82) is 0 Å². The van der Waals surface area contributed by atoms with Crippen LogP contribution in [0.2, 0.25) is 0 Å². The number of aliphatic hydroxyl groups excluding tert-OH is 1. The van der Waals surface area contributed by atoms with E-state index in [-0.39, 0.29) is 31.5 Å². The highest BCUT2D eigenvalue weighted by molar-refractivity contribution is 7.09. The van der Waals surface area contributed by atoms with Crippen molar-refractivity contribution in [3.05, 3.63) is 16.1 Å². The summed E-state index contributed by atoms with van der Waals surface area (Å²) in [6.07, 6.45) is 0.237. The highest BCUT2D eigenvalue weighted by atomic mass is 32.1. The summed E-state index contributed by atoms with van der Waals surface area (Å²) in [6, 6.07) is -0.0748. The number of rotatable bonds is 6. The van der Waals surface area contributed by atoms with Gasteiger partial charge in [0.1, 0.15) is 5.01 Å². The molecule has 1 aromatic heterocycles. The van der Waals surface area contributed by atoms with Gasteiger partial charge in [0.25, 0.3) is 0 Å². The summed E-state index contributed by atoms with van der Waals surface area (Å²) in [5.41, 5.74) is 6.71. The van der Waals surface area contributed by atoms with Gasteiger partial charge in [-0.15, -0.1) is 11.3 Å². The minimum atomic E-state index is -0.131. The Hall–Kier alpha value is -0.980. The Morgan fingerprint density at radius 2 is 2.35 bits per heavy atom. The molecule has 0 fully saturated rings. The van der Waals surface area contributed by atoms with Crippen molar-refractivity contribution >= 4 is 17.2 Å². The van der Waals surface area contributed by atoms with E-state index in [1.807, 2.05) is 19.2 Å². The molecular formula is C11H19N3O2S. The molecule has 0 aromatic carbocycles. The van der Waals surface area contributed by atoms with Crippen LogP contribution in [0.5, 0.6) is 0 Å². The Morgan fingerprint density at radius 3 is 2.94 bits per heavy atom. The minimum Gasteiger partial charge on any atom is -0.395 e. The highest BCUT2D eigenvalue weighted by Gasteiger charge is 2.15. The fourth-order valence-corrected chi connectivity index (χ4v) is 2.26. The highest BCUT2D eigenvalue weighted by Crippen LogP contribution is 2.22. The van der Waals surface area contributed by atoms with E-state index in [0.29, 0.717) is 5.92 Å². The molecule has 0 saturated heterocycles. The molecule has 17 heavy (non-hydrogen) atoms. The maximum Gasteiger partial charge on any atom is 0.226 e. The molecule has 1 aromatic rings. The van der Waals surface area contributed by atoms with Crippen LogP contribution in [-0.2, 0) is 11.2 Å². The Balaban J connectivity index is 2.53. The minimum absolute atomic E-state index is 0.0493. The first-order valence-corrected chi connectivity index (χ1v) is 6.50. The zero-order valence-electron chi connectivity index (χ0n) is 10.1. The van der Waals surface area contributed by atoms with Gasteiger partial charge in [0.2, 0.25) is 5.91 Å². The lowest BCUT2D eigenvalue weighted by Gasteiger charge is -2.11.